The smallest absolute Gasteiger partial charge is 0.226 e. The number of aliphatic imine (C=N–C) groups is 2. The van der Waals surface area contributed by atoms with E-state index in [0.717, 1.165) is 0 Å². The van der Waals surface area contributed by atoms with E-state index in [2.05, 4.69) is 9.98 Å². The molecule has 0 bridgehead atoms. The molecule has 9 nitrogen and oxygen atoms in total. The van der Waals surface area contributed by atoms with Gasteiger partial charge in [-0.3, -0.25) is 4.84 Å². The summed E-state index contributed by atoms with van der Waals surface area (Å²) in [7, 11) is 3.16. The van der Waals surface area contributed by atoms with Crippen LogP contribution in [-0.4, -0.2) is 50.1 Å². The van der Waals surface area contributed by atoms with Crippen molar-refractivity contribution in [1.82, 2.24) is 5.06 Å². The first-order chi connectivity index (χ1) is 11.9. The topological polar surface area (TPSA) is 117 Å². The summed E-state index contributed by atoms with van der Waals surface area (Å²) < 4.78 is 16.4. The fourth-order valence-electron chi connectivity index (χ4n) is 2.37. The lowest BCUT2D eigenvalue weighted by atomic mass is 10.2. The van der Waals surface area contributed by atoms with E-state index >= 15 is 0 Å². The van der Waals surface area contributed by atoms with Gasteiger partial charge in [0, 0.05) is 6.42 Å². The molecule has 26 heavy (non-hydrogen) atoms. The molecule has 0 saturated heterocycles. The SMILES string of the molecule is Br.COc1cccc(OC)c1OCCCON1C(N)=NC(N)=NC1(C)C. The minimum Gasteiger partial charge on any atom is -0.493 e. The van der Waals surface area contributed by atoms with Gasteiger partial charge >= 0.3 is 0 Å². The largest absolute Gasteiger partial charge is 0.493 e. The number of hydroxylamine groups is 2. The van der Waals surface area contributed by atoms with E-state index in [4.69, 9.17) is 30.5 Å². The first-order valence-corrected chi connectivity index (χ1v) is 7.85. The zero-order chi connectivity index (χ0) is 18.4. The van der Waals surface area contributed by atoms with Crippen molar-refractivity contribution in [1.29, 1.82) is 0 Å². The van der Waals surface area contributed by atoms with Gasteiger partial charge in [0.1, 0.15) is 0 Å². The van der Waals surface area contributed by atoms with Crippen LogP contribution in [0.15, 0.2) is 28.2 Å². The van der Waals surface area contributed by atoms with Crippen LogP contribution in [0.25, 0.3) is 0 Å². The molecule has 10 heteroatoms. The standard InChI is InChI=1S/C16H25N5O4.BrH/c1-16(2)20-14(17)19-15(18)21(16)25-10-6-9-24-13-11(22-3)7-5-8-12(13)23-4;/h5,7-8H,6,9-10H2,1-4H3,(H4,17,18,19,20);1H. The summed E-state index contributed by atoms with van der Waals surface area (Å²) in [5, 5.41) is 1.44. The molecular weight excluding hydrogens is 406 g/mol. The van der Waals surface area contributed by atoms with Gasteiger partial charge in [-0.05, 0) is 26.0 Å². The monoisotopic (exact) mass is 431 g/mol. The molecule has 1 aliphatic heterocycles. The van der Waals surface area contributed by atoms with Crippen LogP contribution in [0.2, 0.25) is 0 Å². The molecule has 0 unspecified atom stereocenters. The summed E-state index contributed by atoms with van der Waals surface area (Å²) in [4.78, 5) is 13.8. The maximum absolute atomic E-state index is 5.85. The molecule has 0 radical (unpaired) electrons. The second kappa shape index (κ2) is 9.48. The number of nitrogens with two attached hydrogens (primary N) is 2. The van der Waals surface area contributed by atoms with Crippen molar-refractivity contribution in [3.8, 4) is 17.2 Å². The number of benzene rings is 1. The molecule has 0 amide bonds. The summed E-state index contributed by atoms with van der Waals surface area (Å²) >= 11 is 0. The molecule has 0 atom stereocenters. The lowest BCUT2D eigenvalue weighted by Gasteiger charge is -2.36. The van der Waals surface area contributed by atoms with Gasteiger partial charge in [-0.2, -0.15) is 10.1 Å². The number of rotatable bonds is 8. The highest BCUT2D eigenvalue weighted by molar-refractivity contribution is 8.93. The quantitative estimate of drug-likeness (QED) is 0.600. The molecular formula is C16H26BrN5O4. The molecule has 1 aromatic rings. The number of ether oxygens (including phenoxy) is 3. The summed E-state index contributed by atoms with van der Waals surface area (Å²) in [5.41, 5.74) is 10.7. The van der Waals surface area contributed by atoms with E-state index in [1.165, 1.54) is 5.06 Å². The lowest BCUT2D eigenvalue weighted by Crippen LogP contribution is -2.53. The zero-order valence-electron chi connectivity index (χ0n) is 15.4. The van der Waals surface area contributed by atoms with Crippen molar-refractivity contribution in [2.24, 2.45) is 21.5 Å². The number of hydrogen-bond acceptors (Lipinski definition) is 9. The Balaban J connectivity index is 0.00000338. The van der Waals surface area contributed by atoms with Gasteiger partial charge in [-0.15, -0.1) is 17.0 Å². The van der Waals surface area contributed by atoms with Gasteiger partial charge in [0.2, 0.25) is 17.7 Å². The van der Waals surface area contributed by atoms with Gasteiger partial charge in [-0.1, -0.05) is 6.07 Å². The first kappa shape index (κ1) is 21.8. The predicted molar refractivity (Wildman–Crippen MR) is 105 cm³/mol. The highest BCUT2D eigenvalue weighted by Crippen LogP contribution is 2.36. The van der Waals surface area contributed by atoms with Crippen molar-refractivity contribution >= 4 is 28.9 Å². The highest BCUT2D eigenvalue weighted by atomic mass is 79.9. The number of nitrogens with zero attached hydrogens (tertiary/aromatic N) is 3. The van der Waals surface area contributed by atoms with Gasteiger partial charge in [0.15, 0.2) is 17.2 Å². The van der Waals surface area contributed by atoms with E-state index < -0.39 is 5.66 Å². The van der Waals surface area contributed by atoms with E-state index in [0.29, 0.717) is 36.9 Å². The molecule has 4 N–H and O–H groups in total. The molecule has 0 saturated carbocycles. The molecule has 1 aliphatic rings. The number of methoxy groups -OCH3 is 2. The van der Waals surface area contributed by atoms with Crippen LogP contribution in [0.5, 0.6) is 17.2 Å². The van der Waals surface area contributed by atoms with Gasteiger partial charge < -0.3 is 25.7 Å². The molecule has 0 spiro atoms. The fraction of sp³-hybridized carbons (Fsp3) is 0.500. The average Bonchev–Trinajstić information content (AvgIpc) is 2.55. The summed E-state index contributed by atoms with van der Waals surface area (Å²) in [6.45, 7) is 4.44. The average molecular weight is 432 g/mol. The summed E-state index contributed by atoms with van der Waals surface area (Å²) in [5.74, 6) is 2.08. The van der Waals surface area contributed by atoms with E-state index in [1.54, 1.807) is 14.2 Å². The maximum atomic E-state index is 5.85. The lowest BCUT2D eigenvalue weighted by molar-refractivity contribution is -0.158. The van der Waals surface area contributed by atoms with Crippen molar-refractivity contribution in [3.05, 3.63) is 18.2 Å². The third-order valence-corrected chi connectivity index (χ3v) is 3.46. The van der Waals surface area contributed by atoms with Crippen molar-refractivity contribution < 1.29 is 19.0 Å². The Bertz CT molecular complexity index is 644. The number of para-hydroxylation sites is 1. The van der Waals surface area contributed by atoms with Crippen LogP contribution in [0.4, 0.5) is 0 Å². The number of halogens is 1. The first-order valence-electron chi connectivity index (χ1n) is 7.85. The van der Waals surface area contributed by atoms with E-state index in [1.807, 2.05) is 32.0 Å². The second-order valence-corrected chi connectivity index (χ2v) is 5.76. The molecule has 1 heterocycles. The molecule has 1 aromatic carbocycles. The maximum Gasteiger partial charge on any atom is 0.226 e. The zero-order valence-corrected chi connectivity index (χ0v) is 17.1. The molecule has 2 rings (SSSR count). The molecule has 146 valence electrons. The third-order valence-electron chi connectivity index (χ3n) is 3.46. The van der Waals surface area contributed by atoms with Crippen LogP contribution in [0, 0.1) is 0 Å². The van der Waals surface area contributed by atoms with Crippen LogP contribution in [0.3, 0.4) is 0 Å². The normalized spacial score (nSPS) is 15.5. The molecule has 0 aliphatic carbocycles. The fourth-order valence-corrected chi connectivity index (χ4v) is 2.37. The summed E-state index contributed by atoms with van der Waals surface area (Å²) in [6, 6.07) is 5.45. The Kier molecular flexibility index (Phi) is 7.97. The Labute approximate surface area is 163 Å². The Hall–Kier alpha value is -2.20. The van der Waals surface area contributed by atoms with Gasteiger partial charge in [0.25, 0.3) is 0 Å². The molecule has 0 fully saturated rings. The van der Waals surface area contributed by atoms with Gasteiger partial charge in [-0.25, -0.2) is 4.99 Å². The van der Waals surface area contributed by atoms with Crippen molar-refractivity contribution in [2.75, 3.05) is 27.4 Å². The van der Waals surface area contributed by atoms with Gasteiger partial charge in [0.05, 0.1) is 27.4 Å². The van der Waals surface area contributed by atoms with Crippen LogP contribution in [-0.2, 0) is 4.84 Å². The minimum atomic E-state index is -0.720. The number of hydrogen-bond donors (Lipinski definition) is 2. The van der Waals surface area contributed by atoms with Crippen LogP contribution < -0.4 is 25.7 Å². The Morgan fingerprint density at radius 3 is 2.23 bits per heavy atom. The third kappa shape index (κ3) is 5.15. The van der Waals surface area contributed by atoms with E-state index in [9.17, 15) is 0 Å². The second-order valence-electron chi connectivity index (χ2n) is 5.76. The minimum absolute atomic E-state index is 0. The van der Waals surface area contributed by atoms with E-state index in [-0.39, 0.29) is 28.9 Å². The van der Waals surface area contributed by atoms with Crippen LogP contribution in [0.1, 0.15) is 20.3 Å². The van der Waals surface area contributed by atoms with Crippen molar-refractivity contribution in [2.45, 2.75) is 25.9 Å². The number of guanidine groups is 2. The predicted octanol–water partition coefficient (Wildman–Crippen LogP) is 1.66. The molecule has 0 aromatic heterocycles. The Morgan fingerprint density at radius 1 is 1.08 bits per heavy atom. The highest BCUT2D eigenvalue weighted by Gasteiger charge is 2.32. The van der Waals surface area contributed by atoms with Crippen LogP contribution >= 0.6 is 17.0 Å². The Morgan fingerprint density at radius 2 is 1.69 bits per heavy atom. The summed E-state index contributed by atoms with van der Waals surface area (Å²) in [6.07, 6.45) is 0.611. The van der Waals surface area contributed by atoms with Crippen molar-refractivity contribution in [3.63, 3.8) is 0 Å².